The number of furan rings is 1. The molecule has 0 bridgehead atoms. The summed E-state index contributed by atoms with van der Waals surface area (Å²) >= 11 is 4.29. The van der Waals surface area contributed by atoms with E-state index in [1.165, 1.54) is 5.56 Å². The number of aryl methyl sites for hydroxylation is 1. The standard InChI is InChI=1S/C13H12N2OS/c1-15-11-7-9(8-17)4-5-10(11)14-13(15)12-3-2-6-16-12/h2-7,17H,8H2,1H3. The zero-order valence-electron chi connectivity index (χ0n) is 9.42. The van der Waals surface area contributed by atoms with Gasteiger partial charge in [0.25, 0.3) is 0 Å². The number of fused-ring (bicyclic) bond motifs is 1. The Kier molecular flexibility index (Phi) is 2.44. The van der Waals surface area contributed by atoms with Crippen LogP contribution in [0.15, 0.2) is 41.0 Å². The maximum atomic E-state index is 5.39. The first-order valence-corrected chi connectivity index (χ1v) is 6.03. The number of nitrogens with zero attached hydrogens (tertiary/aromatic N) is 2. The zero-order chi connectivity index (χ0) is 11.8. The second kappa shape index (κ2) is 3.96. The van der Waals surface area contributed by atoms with E-state index >= 15 is 0 Å². The van der Waals surface area contributed by atoms with Gasteiger partial charge < -0.3 is 8.98 Å². The van der Waals surface area contributed by atoms with E-state index in [1.807, 2.05) is 35.9 Å². The SMILES string of the molecule is Cn1c(-c2ccco2)nc2ccc(CS)cc21. The summed E-state index contributed by atoms with van der Waals surface area (Å²) in [6.07, 6.45) is 1.66. The molecular weight excluding hydrogens is 232 g/mol. The topological polar surface area (TPSA) is 31.0 Å². The minimum atomic E-state index is 0.733. The van der Waals surface area contributed by atoms with Crippen LogP contribution >= 0.6 is 12.6 Å². The monoisotopic (exact) mass is 244 g/mol. The maximum absolute atomic E-state index is 5.39. The van der Waals surface area contributed by atoms with Gasteiger partial charge in [-0.1, -0.05) is 6.07 Å². The third-order valence-electron chi connectivity index (χ3n) is 2.87. The molecule has 0 amide bonds. The first-order valence-electron chi connectivity index (χ1n) is 5.39. The fourth-order valence-corrected chi connectivity index (χ4v) is 2.16. The molecule has 3 nitrogen and oxygen atoms in total. The molecule has 86 valence electrons. The first-order chi connectivity index (χ1) is 8.29. The third-order valence-corrected chi connectivity index (χ3v) is 3.23. The lowest BCUT2D eigenvalue weighted by atomic mass is 10.2. The van der Waals surface area contributed by atoms with Crippen LogP contribution in [0.3, 0.4) is 0 Å². The van der Waals surface area contributed by atoms with Crippen LogP contribution in [0, 0.1) is 0 Å². The molecule has 3 rings (SSSR count). The van der Waals surface area contributed by atoms with Gasteiger partial charge in [-0.05, 0) is 29.8 Å². The average molecular weight is 244 g/mol. The molecule has 0 atom stereocenters. The number of imidazole rings is 1. The van der Waals surface area contributed by atoms with Gasteiger partial charge in [-0.3, -0.25) is 0 Å². The van der Waals surface area contributed by atoms with Crippen molar-refractivity contribution < 1.29 is 4.42 Å². The molecule has 0 saturated heterocycles. The normalized spacial score (nSPS) is 11.2. The van der Waals surface area contributed by atoms with Crippen LogP contribution in [-0.2, 0) is 12.8 Å². The Morgan fingerprint density at radius 2 is 2.24 bits per heavy atom. The predicted molar refractivity (Wildman–Crippen MR) is 71.1 cm³/mol. The van der Waals surface area contributed by atoms with Gasteiger partial charge >= 0.3 is 0 Å². The molecule has 0 unspecified atom stereocenters. The highest BCUT2D eigenvalue weighted by molar-refractivity contribution is 7.79. The quantitative estimate of drug-likeness (QED) is 0.701. The van der Waals surface area contributed by atoms with Crippen molar-refractivity contribution in [1.29, 1.82) is 0 Å². The van der Waals surface area contributed by atoms with Crippen molar-refractivity contribution in [2.24, 2.45) is 7.05 Å². The second-order valence-corrected chi connectivity index (χ2v) is 4.27. The minimum absolute atomic E-state index is 0.733. The molecular formula is C13H12N2OS. The molecule has 0 aliphatic heterocycles. The second-order valence-electron chi connectivity index (χ2n) is 3.95. The van der Waals surface area contributed by atoms with E-state index in [0.29, 0.717) is 0 Å². The molecule has 0 saturated carbocycles. The largest absolute Gasteiger partial charge is 0.461 e. The van der Waals surface area contributed by atoms with Gasteiger partial charge in [-0.15, -0.1) is 0 Å². The summed E-state index contributed by atoms with van der Waals surface area (Å²) in [5.41, 5.74) is 3.27. The Balaban J connectivity index is 2.25. The number of aromatic nitrogens is 2. The summed E-state index contributed by atoms with van der Waals surface area (Å²) in [7, 11) is 2.00. The Labute approximate surface area is 104 Å². The fourth-order valence-electron chi connectivity index (χ4n) is 1.96. The molecule has 1 aromatic carbocycles. The fraction of sp³-hybridized carbons (Fsp3) is 0.154. The zero-order valence-corrected chi connectivity index (χ0v) is 10.3. The van der Waals surface area contributed by atoms with Gasteiger partial charge in [0.15, 0.2) is 11.6 Å². The molecule has 2 aromatic heterocycles. The predicted octanol–water partition coefficient (Wildman–Crippen LogP) is 3.26. The van der Waals surface area contributed by atoms with Crippen molar-refractivity contribution in [3.05, 3.63) is 42.2 Å². The summed E-state index contributed by atoms with van der Waals surface area (Å²) in [5, 5.41) is 0. The van der Waals surface area contributed by atoms with Gasteiger partial charge in [0.05, 0.1) is 17.3 Å². The smallest absolute Gasteiger partial charge is 0.176 e. The molecule has 2 heterocycles. The van der Waals surface area contributed by atoms with Crippen LogP contribution in [-0.4, -0.2) is 9.55 Å². The van der Waals surface area contributed by atoms with Crippen LogP contribution in [0.4, 0.5) is 0 Å². The molecule has 0 spiro atoms. The minimum Gasteiger partial charge on any atom is -0.461 e. The molecule has 0 aliphatic carbocycles. The average Bonchev–Trinajstić information content (AvgIpc) is 2.97. The van der Waals surface area contributed by atoms with Crippen LogP contribution in [0.5, 0.6) is 0 Å². The number of rotatable bonds is 2. The van der Waals surface area contributed by atoms with E-state index in [0.717, 1.165) is 28.4 Å². The molecule has 17 heavy (non-hydrogen) atoms. The number of hydrogen-bond acceptors (Lipinski definition) is 3. The van der Waals surface area contributed by atoms with Crippen molar-refractivity contribution in [1.82, 2.24) is 9.55 Å². The lowest BCUT2D eigenvalue weighted by molar-refractivity contribution is 0.574. The van der Waals surface area contributed by atoms with Crippen LogP contribution in [0.1, 0.15) is 5.56 Å². The summed E-state index contributed by atoms with van der Waals surface area (Å²) in [6, 6.07) is 9.97. The van der Waals surface area contributed by atoms with Gasteiger partial charge in [-0.25, -0.2) is 4.98 Å². The first kappa shape index (κ1) is 10.5. The summed E-state index contributed by atoms with van der Waals surface area (Å²) in [6.45, 7) is 0. The van der Waals surface area contributed by atoms with E-state index in [2.05, 4.69) is 23.7 Å². The van der Waals surface area contributed by atoms with Gasteiger partial charge in [-0.2, -0.15) is 12.6 Å². The van der Waals surface area contributed by atoms with Crippen molar-refractivity contribution in [3.63, 3.8) is 0 Å². The van der Waals surface area contributed by atoms with E-state index in [-0.39, 0.29) is 0 Å². The Bertz CT molecular complexity index is 655. The molecule has 0 fully saturated rings. The summed E-state index contributed by atoms with van der Waals surface area (Å²) in [5.74, 6) is 2.37. The molecule has 0 radical (unpaired) electrons. The van der Waals surface area contributed by atoms with E-state index < -0.39 is 0 Å². The number of hydrogen-bond donors (Lipinski definition) is 1. The highest BCUT2D eigenvalue weighted by Crippen LogP contribution is 2.24. The van der Waals surface area contributed by atoms with Crippen molar-refractivity contribution >= 4 is 23.7 Å². The van der Waals surface area contributed by atoms with E-state index in [4.69, 9.17) is 4.42 Å². The number of thiol groups is 1. The summed E-state index contributed by atoms with van der Waals surface area (Å²) < 4.78 is 7.43. The molecule has 4 heteroatoms. The lowest BCUT2D eigenvalue weighted by Gasteiger charge is -2.00. The van der Waals surface area contributed by atoms with Crippen LogP contribution in [0.25, 0.3) is 22.6 Å². The van der Waals surface area contributed by atoms with Crippen molar-refractivity contribution in [2.75, 3.05) is 0 Å². The van der Waals surface area contributed by atoms with E-state index in [9.17, 15) is 0 Å². The van der Waals surface area contributed by atoms with Crippen LogP contribution in [0.2, 0.25) is 0 Å². The lowest BCUT2D eigenvalue weighted by Crippen LogP contribution is -1.91. The third kappa shape index (κ3) is 1.65. The highest BCUT2D eigenvalue weighted by atomic mass is 32.1. The van der Waals surface area contributed by atoms with Gasteiger partial charge in [0, 0.05) is 12.8 Å². The number of benzene rings is 1. The molecule has 0 N–H and O–H groups in total. The summed E-state index contributed by atoms with van der Waals surface area (Å²) in [4.78, 5) is 4.57. The molecule has 0 aliphatic rings. The van der Waals surface area contributed by atoms with Crippen molar-refractivity contribution in [3.8, 4) is 11.6 Å². The van der Waals surface area contributed by atoms with Gasteiger partial charge in [0.1, 0.15) is 0 Å². The van der Waals surface area contributed by atoms with Gasteiger partial charge in [0.2, 0.25) is 0 Å². The Hall–Kier alpha value is -1.68. The molecule has 3 aromatic rings. The highest BCUT2D eigenvalue weighted by Gasteiger charge is 2.11. The van der Waals surface area contributed by atoms with Crippen LogP contribution < -0.4 is 0 Å². The van der Waals surface area contributed by atoms with Crippen molar-refractivity contribution in [2.45, 2.75) is 5.75 Å². The van der Waals surface area contributed by atoms with E-state index in [1.54, 1.807) is 6.26 Å². The Morgan fingerprint density at radius 3 is 2.94 bits per heavy atom. The maximum Gasteiger partial charge on any atom is 0.176 e. The Morgan fingerprint density at radius 1 is 1.35 bits per heavy atom.